The van der Waals surface area contributed by atoms with Crippen molar-refractivity contribution in [3.05, 3.63) is 0 Å². The second-order valence-corrected chi connectivity index (χ2v) is 33.3. The van der Waals surface area contributed by atoms with Crippen molar-refractivity contribution < 1.29 is 80.2 Å². The van der Waals surface area contributed by atoms with Crippen LogP contribution in [0.15, 0.2) is 0 Å². The van der Waals surface area contributed by atoms with Crippen LogP contribution in [0.4, 0.5) is 0 Å². The van der Waals surface area contributed by atoms with E-state index < -0.39 is 97.5 Å². The molecule has 0 saturated heterocycles. The number of phosphoric acid groups is 2. The Morgan fingerprint density at radius 2 is 0.451 bits per heavy atom. The summed E-state index contributed by atoms with van der Waals surface area (Å²) in [5, 5.41) is 10.7. The summed E-state index contributed by atoms with van der Waals surface area (Å²) in [6.07, 6.45) is 68.0. The molecule has 606 valence electrons. The van der Waals surface area contributed by atoms with Crippen molar-refractivity contribution in [2.75, 3.05) is 39.6 Å². The molecule has 17 nitrogen and oxygen atoms in total. The van der Waals surface area contributed by atoms with Crippen LogP contribution in [-0.4, -0.2) is 96.7 Å². The van der Waals surface area contributed by atoms with Gasteiger partial charge in [0, 0.05) is 25.7 Å². The third-order valence-corrected chi connectivity index (χ3v) is 21.4. The summed E-state index contributed by atoms with van der Waals surface area (Å²) in [4.78, 5) is 73.1. The van der Waals surface area contributed by atoms with Gasteiger partial charge >= 0.3 is 39.5 Å². The van der Waals surface area contributed by atoms with Crippen LogP contribution in [0.1, 0.15) is 446 Å². The molecule has 3 N–H and O–H groups in total. The number of aliphatic hydroxyl groups excluding tert-OH is 1. The Morgan fingerprint density at radius 1 is 0.265 bits per heavy atom. The van der Waals surface area contributed by atoms with Crippen LogP contribution >= 0.6 is 15.6 Å². The fourth-order valence-corrected chi connectivity index (χ4v) is 14.5. The average molecular weight is 1490 g/mol. The van der Waals surface area contributed by atoms with Crippen LogP contribution in [0.5, 0.6) is 0 Å². The second kappa shape index (κ2) is 75.9. The van der Waals surface area contributed by atoms with Crippen molar-refractivity contribution >= 4 is 39.5 Å². The van der Waals surface area contributed by atoms with Gasteiger partial charge < -0.3 is 33.8 Å². The lowest BCUT2D eigenvalue weighted by Gasteiger charge is -2.21. The molecule has 0 amide bonds. The Labute approximate surface area is 626 Å². The van der Waals surface area contributed by atoms with Crippen LogP contribution < -0.4 is 0 Å². The molecular formula is C83H162O17P2. The number of aliphatic hydroxyl groups is 1. The quantitative estimate of drug-likeness (QED) is 0.0222. The first-order chi connectivity index (χ1) is 49.5. The Kier molecular flexibility index (Phi) is 74.4. The largest absolute Gasteiger partial charge is 0.472 e. The minimum atomic E-state index is -4.96. The number of unbranched alkanes of at least 4 members (excludes halogenated alkanes) is 55. The molecule has 19 heteroatoms. The van der Waals surface area contributed by atoms with Crippen LogP contribution in [-0.2, 0) is 65.4 Å². The summed E-state index contributed by atoms with van der Waals surface area (Å²) >= 11 is 0. The molecule has 0 rings (SSSR count). The van der Waals surface area contributed by atoms with Crippen LogP contribution in [0.2, 0.25) is 0 Å². The highest BCUT2D eigenvalue weighted by atomic mass is 31.2. The summed E-state index contributed by atoms with van der Waals surface area (Å²) in [6.45, 7) is 7.37. The molecule has 0 spiro atoms. The van der Waals surface area contributed by atoms with Gasteiger partial charge in [0.1, 0.15) is 19.3 Å². The molecule has 0 aliphatic heterocycles. The predicted octanol–water partition coefficient (Wildman–Crippen LogP) is 25.2. The highest BCUT2D eigenvalue weighted by Gasteiger charge is 2.30. The summed E-state index contributed by atoms with van der Waals surface area (Å²) < 4.78 is 68.8. The summed E-state index contributed by atoms with van der Waals surface area (Å²) in [5.41, 5.74) is 0. The minimum absolute atomic E-state index is 0.108. The van der Waals surface area contributed by atoms with Crippen molar-refractivity contribution in [3.8, 4) is 0 Å². The second-order valence-electron chi connectivity index (χ2n) is 30.3. The summed E-state index contributed by atoms with van der Waals surface area (Å²) in [6, 6.07) is 0. The molecule has 2 unspecified atom stereocenters. The van der Waals surface area contributed by atoms with E-state index in [0.29, 0.717) is 25.7 Å². The van der Waals surface area contributed by atoms with E-state index in [1.807, 2.05) is 0 Å². The van der Waals surface area contributed by atoms with E-state index in [-0.39, 0.29) is 25.7 Å². The number of ether oxygens (including phenoxy) is 4. The molecule has 5 atom stereocenters. The standard InChI is InChI=1S/C83H162O17P2/c1-6-9-12-15-18-21-24-26-28-29-30-31-32-35-40-44-49-54-59-64-69-83(88)100-79(73-94-81(86)67-62-57-52-47-42-39-36-33-34-37-41-45-50-55-60-65-76(4)5)75-98-102(91,92)96-71-77(84)70-95-101(89,90)97-74-78(72-93-80(85)66-61-56-51-46-23-20-17-14-11-8-3)99-82(87)68-63-58-53-48-43-38-27-25-22-19-16-13-10-7-2/h76-79,84H,6-75H2,1-5H3,(H,89,90)(H,91,92)/t77-,78+,79+/m0/s1. The van der Waals surface area contributed by atoms with E-state index in [1.165, 1.54) is 270 Å². The summed E-state index contributed by atoms with van der Waals surface area (Å²) in [5.74, 6) is -1.30. The van der Waals surface area contributed by atoms with Gasteiger partial charge in [-0.3, -0.25) is 37.3 Å². The minimum Gasteiger partial charge on any atom is -0.462 e. The molecule has 0 bridgehead atoms. The molecular weight excluding hydrogens is 1330 g/mol. The zero-order valence-electron chi connectivity index (χ0n) is 66.8. The first-order valence-corrected chi connectivity index (χ1v) is 46.1. The van der Waals surface area contributed by atoms with E-state index in [9.17, 15) is 43.2 Å². The van der Waals surface area contributed by atoms with Gasteiger partial charge in [0.25, 0.3) is 0 Å². The number of hydrogen-bond acceptors (Lipinski definition) is 15. The Morgan fingerprint density at radius 3 is 0.667 bits per heavy atom. The first-order valence-electron chi connectivity index (χ1n) is 43.1. The van der Waals surface area contributed by atoms with Gasteiger partial charge in [-0.1, -0.05) is 394 Å². The zero-order valence-corrected chi connectivity index (χ0v) is 68.5. The van der Waals surface area contributed by atoms with Gasteiger partial charge in [-0.05, 0) is 31.6 Å². The third kappa shape index (κ3) is 76.3. The maximum absolute atomic E-state index is 13.1. The zero-order chi connectivity index (χ0) is 74.8. The molecule has 0 fully saturated rings. The van der Waals surface area contributed by atoms with Gasteiger partial charge in [-0.15, -0.1) is 0 Å². The molecule has 0 heterocycles. The van der Waals surface area contributed by atoms with Crippen molar-refractivity contribution in [2.24, 2.45) is 5.92 Å². The molecule has 0 radical (unpaired) electrons. The molecule has 0 aromatic rings. The van der Waals surface area contributed by atoms with E-state index in [1.54, 1.807) is 0 Å². The van der Waals surface area contributed by atoms with Crippen molar-refractivity contribution in [1.82, 2.24) is 0 Å². The van der Waals surface area contributed by atoms with Crippen molar-refractivity contribution in [2.45, 2.75) is 464 Å². The van der Waals surface area contributed by atoms with E-state index >= 15 is 0 Å². The maximum atomic E-state index is 13.1. The fourth-order valence-electron chi connectivity index (χ4n) is 12.9. The van der Waals surface area contributed by atoms with Crippen LogP contribution in [0.3, 0.4) is 0 Å². The molecule has 102 heavy (non-hydrogen) atoms. The highest BCUT2D eigenvalue weighted by Crippen LogP contribution is 2.45. The number of phosphoric ester groups is 2. The average Bonchev–Trinajstić information content (AvgIpc) is 0.919. The molecule has 0 aliphatic carbocycles. The number of carbonyl (C=O) groups excluding carboxylic acids is 4. The Balaban J connectivity index is 5.22. The SMILES string of the molecule is CCCCCCCCCCCCCCCCCCCCCCC(=O)O[C@H](COC(=O)CCCCCCCCCCCCCCCCCC(C)C)COP(=O)(O)OC[C@@H](O)COP(=O)(O)OC[C@@H](COC(=O)CCCCCCCCCCCC)OC(=O)CCCCCCCCCCCCCCCC. The van der Waals surface area contributed by atoms with E-state index in [2.05, 4.69) is 34.6 Å². The van der Waals surface area contributed by atoms with Crippen molar-refractivity contribution in [3.63, 3.8) is 0 Å². The first kappa shape index (κ1) is 100. The number of rotatable bonds is 83. The number of carbonyl (C=O) groups is 4. The molecule has 0 aliphatic rings. The molecule has 0 saturated carbocycles. The third-order valence-electron chi connectivity index (χ3n) is 19.5. The van der Waals surface area contributed by atoms with Crippen LogP contribution in [0, 0.1) is 5.92 Å². The monoisotopic (exact) mass is 1490 g/mol. The van der Waals surface area contributed by atoms with Gasteiger partial charge in [0.15, 0.2) is 12.2 Å². The summed E-state index contributed by atoms with van der Waals surface area (Å²) in [7, 11) is -9.92. The highest BCUT2D eigenvalue weighted by molar-refractivity contribution is 7.47. The normalized spacial score (nSPS) is 13.8. The topological polar surface area (TPSA) is 237 Å². The predicted molar refractivity (Wildman–Crippen MR) is 418 cm³/mol. The lowest BCUT2D eigenvalue weighted by molar-refractivity contribution is -0.161. The lowest BCUT2D eigenvalue weighted by Crippen LogP contribution is -2.30. The lowest BCUT2D eigenvalue weighted by atomic mass is 10.0. The van der Waals surface area contributed by atoms with Gasteiger partial charge in [-0.25, -0.2) is 9.13 Å². The molecule has 0 aromatic carbocycles. The number of hydrogen-bond donors (Lipinski definition) is 3. The van der Waals surface area contributed by atoms with Crippen LogP contribution in [0.25, 0.3) is 0 Å². The van der Waals surface area contributed by atoms with E-state index in [0.717, 1.165) is 95.8 Å². The fraction of sp³-hybridized carbons (Fsp3) is 0.952. The Hall–Kier alpha value is -1.94. The molecule has 0 aromatic heterocycles. The van der Waals surface area contributed by atoms with Gasteiger partial charge in [0.2, 0.25) is 0 Å². The van der Waals surface area contributed by atoms with Gasteiger partial charge in [0.05, 0.1) is 26.4 Å². The van der Waals surface area contributed by atoms with E-state index in [4.69, 9.17) is 37.0 Å². The van der Waals surface area contributed by atoms with Gasteiger partial charge in [-0.2, -0.15) is 0 Å². The maximum Gasteiger partial charge on any atom is 0.472 e. The van der Waals surface area contributed by atoms with Crippen molar-refractivity contribution in [1.29, 1.82) is 0 Å². The Bertz CT molecular complexity index is 1940. The number of esters is 4. The smallest absolute Gasteiger partial charge is 0.462 e.